The fourth-order valence-corrected chi connectivity index (χ4v) is 2.95. The lowest BCUT2D eigenvalue weighted by molar-refractivity contribution is 0.0449. The van der Waals surface area contributed by atoms with E-state index in [0.717, 1.165) is 12.5 Å². The molecule has 1 heterocycles. The Balaban J connectivity index is 2.65. The van der Waals surface area contributed by atoms with Gasteiger partial charge in [0.25, 0.3) is 0 Å². The van der Waals surface area contributed by atoms with Crippen LogP contribution in [0.4, 0.5) is 0 Å². The SMILES string of the molecule is CCCC1CN(CC(C)C)C(C(C)(C)C)CN1. The lowest BCUT2D eigenvalue weighted by atomic mass is 9.83. The summed E-state index contributed by atoms with van der Waals surface area (Å²) in [6.07, 6.45) is 2.60. The predicted octanol–water partition coefficient (Wildman–Crippen LogP) is 3.13. The standard InChI is InChI=1S/C15H32N2/c1-7-8-13-11-17(10-12(2)3)14(9-16-13)15(4,5)6/h12-14,16H,7-11H2,1-6H3. The maximum atomic E-state index is 3.74. The van der Waals surface area contributed by atoms with Gasteiger partial charge in [0.15, 0.2) is 0 Å². The summed E-state index contributed by atoms with van der Waals surface area (Å²) in [6, 6.07) is 1.38. The summed E-state index contributed by atoms with van der Waals surface area (Å²) in [7, 11) is 0. The van der Waals surface area contributed by atoms with Crippen molar-refractivity contribution in [1.82, 2.24) is 10.2 Å². The normalized spacial score (nSPS) is 27.7. The van der Waals surface area contributed by atoms with Crippen LogP contribution in [0.1, 0.15) is 54.4 Å². The van der Waals surface area contributed by atoms with E-state index in [1.54, 1.807) is 0 Å². The zero-order valence-electron chi connectivity index (χ0n) is 12.7. The second kappa shape index (κ2) is 6.19. The van der Waals surface area contributed by atoms with Gasteiger partial charge in [0.1, 0.15) is 0 Å². The first-order valence-electron chi connectivity index (χ1n) is 7.32. The quantitative estimate of drug-likeness (QED) is 0.812. The zero-order valence-corrected chi connectivity index (χ0v) is 12.7. The molecular weight excluding hydrogens is 208 g/mol. The third-order valence-corrected chi connectivity index (χ3v) is 3.73. The van der Waals surface area contributed by atoms with Crippen LogP contribution in [0.5, 0.6) is 0 Å². The molecule has 1 aliphatic rings. The van der Waals surface area contributed by atoms with Crippen LogP contribution in [-0.2, 0) is 0 Å². The summed E-state index contributed by atoms with van der Waals surface area (Å²) in [5, 5.41) is 3.74. The van der Waals surface area contributed by atoms with Crippen LogP contribution in [0.25, 0.3) is 0 Å². The molecule has 1 aliphatic heterocycles. The topological polar surface area (TPSA) is 15.3 Å². The summed E-state index contributed by atoms with van der Waals surface area (Å²) in [4.78, 5) is 2.72. The molecule has 17 heavy (non-hydrogen) atoms. The molecule has 0 aromatic heterocycles. The van der Waals surface area contributed by atoms with Crippen LogP contribution in [0.3, 0.4) is 0 Å². The van der Waals surface area contributed by atoms with Crippen molar-refractivity contribution in [1.29, 1.82) is 0 Å². The van der Waals surface area contributed by atoms with Crippen molar-refractivity contribution >= 4 is 0 Å². The number of nitrogens with zero attached hydrogens (tertiary/aromatic N) is 1. The zero-order chi connectivity index (χ0) is 13.1. The molecule has 2 heteroatoms. The highest BCUT2D eigenvalue weighted by atomic mass is 15.2. The van der Waals surface area contributed by atoms with Crippen LogP contribution < -0.4 is 5.32 Å². The van der Waals surface area contributed by atoms with Gasteiger partial charge < -0.3 is 5.32 Å². The van der Waals surface area contributed by atoms with Gasteiger partial charge in [0.2, 0.25) is 0 Å². The Kier molecular flexibility index (Phi) is 5.46. The van der Waals surface area contributed by atoms with Crippen molar-refractivity contribution in [3.63, 3.8) is 0 Å². The Morgan fingerprint density at radius 1 is 1.29 bits per heavy atom. The van der Waals surface area contributed by atoms with E-state index >= 15 is 0 Å². The fourth-order valence-electron chi connectivity index (χ4n) is 2.95. The lowest BCUT2D eigenvalue weighted by Crippen LogP contribution is -2.61. The number of nitrogens with one attached hydrogen (secondary N) is 1. The molecule has 0 saturated carbocycles. The average molecular weight is 240 g/mol. The smallest absolute Gasteiger partial charge is 0.0269 e. The maximum Gasteiger partial charge on any atom is 0.0269 e. The van der Waals surface area contributed by atoms with Crippen molar-refractivity contribution in [2.45, 2.75) is 66.5 Å². The maximum absolute atomic E-state index is 3.74. The Labute approximate surface area is 108 Å². The lowest BCUT2D eigenvalue weighted by Gasteiger charge is -2.47. The summed E-state index contributed by atoms with van der Waals surface area (Å²) < 4.78 is 0. The molecule has 102 valence electrons. The Bertz CT molecular complexity index is 217. The molecule has 0 radical (unpaired) electrons. The van der Waals surface area contributed by atoms with Gasteiger partial charge >= 0.3 is 0 Å². The number of piperazine rings is 1. The first kappa shape index (κ1) is 15.0. The molecular formula is C15H32N2. The van der Waals surface area contributed by atoms with Crippen LogP contribution in [0.2, 0.25) is 0 Å². The van der Waals surface area contributed by atoms with Crippen molar-refractivity contribution in [3.05, 3.63) is 0 Å². The number of hydrogen-bond donors (Lipinski definition) is 1. The van der Waals surface area contributed by atoms with Gasteiger partial charge in [-0.15, -0.1) is 0 Å². The molecule has 0 spiro atoms. The van der Waals surface area contributed by atoms with Crippen molar-refractivity contribution < 1.29 is 0 Å². The van der Waals surface area contributed by atoms with Gasteiger partial charge in [-0.2, -0.15) is 0 Å². The molecule has 1 saturated heterocycles. The van der Waals surface area contributed by atoms with E-state index in [0.29, 0.717) is 17.5 Å². The largest absolute Gasteiger partial charge is 0.311 e. The van der Waals surface area contributed by atoms with Crippen LogP contribution >= 0.6 is 0 Å². The molecule has 2 atom stereocenters. The summed E-state index contributed by atoms with van der Waals surface area (Å²) in [5.41, 5.74) is 0.374. The first-order chi connectivity index (χ1) is 7.84. The number of rotatable bonds is 4. The van der Waals surface area contributed by atoms with E-state index in [2.05, 4.69) is 51.8 Å². The Morgan fingerprint density at radius 2 is 1.94 bits per heavy atom. The highest BCUT2D eigenvalue weighted by Gasteiger charge is 2.35. The molecule has 2 unspecified atom stereocenters. The van der Waals surface area contributed by atoms with E-state index in [1.165, 1.54) is 25.9 Å². The first-order valence-corrected chi connectivity index (χ1v) is 7.32. The van der Waals surface area contributed by atoms with Gasteiger partial charge in [-0.25, -0.2) is 0 Å². The summed E-state index contributed by atoms with van der Waals surface area (Å²) in [6.45, 7) is 17.7. The minimum Gasteiger partial charge on any atom is -0.311 e. The molecule has 0 amide bonds. The minimum absolute atomic E-state index is 0.374. The van der Waals surface area contributed by atoms with Crippen LogP contribution in [-0.4, -0.2) is 36.6 Å². The van der Waals surface area contributed by atoms with E-state index < -0.39 is 0 Å². The van der Waals surface area contributed by atoms with E-state index in [4.69, 9.17) is 0 Å². The van der Waals surface area contributed by atoms with Crippen LogP contribution in [0.15, 0.2) is 0 Å². The van der Waals surface area contributed by atoms with Gasteiger partial charge in [-0.3, -0.25) is 4.90 Å². The molecule has 1 N–H and O–H groups in total. The second-order valence-electron chi connectivity index (χ2n) is 7.12. The highest BCUT2D eigenvalue weighted by molar-refractivity contribution is 4.92. The molecule has 0 aromatic carbocycles. The summed E-state index contributed by atoms with van der Waals surface area (Å²) in [5.74, 6) is 0.764. The van der Waals surface area contributed by atoms with Crippen molar-refractivity contribution in [2.24, 2.45) is 11.3 Å². The predicted molar refractivity (Wildman–Crippen MR) is 76.4 cm³/mol. The van der Waals surface area contributed by atoms with Gasteiger partial charge in [-0.1, -0.05) is 48.0 Å². The molecule has 1 fully saturated rings. The third-order valence-electron chi connectivity index (χ3n) is 3.73. The number of hydrogen-bond acceptors (Lipinski definition) is 2. The monoisotopic (exact) mass is 240 g/mol. The molecule has 0 bridgehead atoms. The van der Waals surface area contributed by atoms with Crippen molar-refractivity contribution in [2.75, 3.05) is 19.6 Å². The molecule has 2 nitrogen and oxygen atoms in total. The van der Waals surface area contributed by atoms with Gasteiger partial charge in [-0.05, 0) is 17.8 Å². The van der Waals surface area contributed by atoms with Crippen molar-refractivity contribution in [3.8, 4) is 0 Å². The molecule has 0 aromatic rings. The van der Waals surface area contributed by atoms with E-state index in [1.807, 2.05) is 0 Å². The molecule has 0 aliphatic carbocycles. The summed E-state index contributed by atoms with van der Waals surface area (Å²) >= 11 is 0. The van der Waals surface area contributed by atoms with E-state index in [9.17, 15) is 0 Å². The van der Waals surface area contributed by atoms with Crippen LogP contribution in [0, 0.1) is 11.3 Å². The Morgan fingerprint density at radius 3 is 2.41 bits per heavy atom. The third kappa shape index (κ3) is 4.59. The van der Waals surface area contributed by atoms with E-state index in [-0.39, 0.29) is 0 Å². The fraction of sp³-hybridized carbons (Fsp3) is 1.00. The highest BCUT2D eigenvalue weighted by Crippen LogP contribution is 2.27. The average Bonchev–Trinajstić information content (AvgIpc) is 2.15. The second-order valence-corrected chi connectivity index (χ2v) is 7.12. The van der Waals surface area contributed by atoms with Gasteiger partial charge in [0.05, 0.1) is 0 Å². The molecule has 1 rings (SSSR count). The van der Waals surface area contributed by atoms with Gasteiger partial charge in [0, 0.05) is 31.7 Å². The minimum atomic E-state index is 0.374. The Hall–Kier alpha value is -0.0800.